The molecule has 6 nitrogen and oxygen atoms in total. The Kier molecular flexibility index (Phi) is 7.66. The third-order valence-electron chi connectivity index (χ3n) is 5.72. The molecule has 1 amide bonds. The maximum atomic E-state index is 13.4. The third-order valence-corrected chi connectivity index (χ3v) is 6.61. The van der Waals surface area contributed by atoms with Crippen LogP contribution in [0, 0.1) is 11.6 Å². The number of nitrogens with one attached hydrogen (secondary N) is 1. The largest absolute Gasteiger partial charge is 0.465 e. The molecule has 0 atom stereocenters. The van der Waals surface area contributed by atoms with E-state index in [0.717, 1.165) is 18.7 Å². The van der Waals surface area contributed by atoms with Gasteiger partial charge in [0.2, 0.25) is 5.91 Å². The second-order valence-electron chi connectivity index (χ2n) is 8.08. The van der Waals surface area contributed by atoms with Crippen LogP contribution >= 0.6 is 11.3 Å². The van der Waals surface area contributed by atoms with E-state index in [1.807, 2.05) is 11.0 Å². The molecule has 9 heteroatoms. The van der Waals surface area contributed by atoms with E-state index in [4.69, 9.17) is 4.74 Å². The summed E-state index contributed by atoms with van der Waals surface area (Å²) < 4.78 is 31.6. The first-order valence-corrected chi connectivity index (χ1v) is 11.8. The van der Waals surface area contributed by atoms with Crippen LogP contribution in [0.1, 0.15) is 15.9 Å². The van der Waals surface area contributed by atoms with Crippen molar-refractivity contribution in [1.29, 1.82) is 0 Å². The average molecular weight is 486 g/mol. The van der Waals surface area contributed by atoms with Crippen LogP contribution in [0.3, 0.4) is 0 Å². The zero-order valence-electron chi connectivity index (χ0n) is 18.7. The van der Waals surface area contributed by atoms with Crippen molar-refractivity contribution in [2.24, 2.45) is 0 Å². The number of carbonyl (C=O) groups excluding carboxylic acids is 2. The lowest BCUT2D eigenvalue weighted by atomic mass is 10.0. The van der Waals surface area contributed by atoms with Crippen molar-refractivity contribution < 1.29 is 23.1 Å². The predicted molar refractivity (Wildman–Crippen MR) is 128 cm³/mol. The Balaban J connectivity index is 1.36. The zero-order valence-corrected chi connectivity index (χ0v) is 19.5. The van der Waals surface area contributed by atoms with E-state index in [1.54, 1.807) is 29.6 Å². The van der Waals surface area contributed by atoms with Crippen molar-refractivity contribution in [3.63, 3.8) is 0 Å². The fraction of sp³-hybridized carbons (Fsp3) is 0.280. The van der Waals surface area contributed by atoms with Gasteiger partial charge in [-0.15, -0.1) is 11.3 Å². The van der Waals surface area contributed by atoms with Crippen LogP contribution in [0.2, 0.25) is 0 Å². The molecule has 1 aliphatic rings. The minimum absolute atomic E-state index is 0.193. The number of hydrogen-bond acceptors (Lipinski definition) is 6. The van der Waals surface area contributed by atoms with Gasteiger partial charge in [-0.05, 0) is 35.4 Å². The zero-order chi connectivity index (χ0) is 24.1. The number of rotatable bonds is 7. The molecule has 0 unspecified atom stereocenters. The fourth-order valence-electron chi connectivity index (χ4n) is 3.96. The maximum absolute atomic E-state index is 13.4. The molecule has 0 bridgehead atoms. The molecular weight excluding hydrogens is 460 g/mol. The molecule has 0 saturated carbocycles. The first kappa shape index (κ1) is 24.0. The van der Waals surface area contributed by atoms with Gasteiger partial charge in [0, 0.05) is 43.7 Å². The number of methoxy groups -OCH3 is 1. The molecule has 34 heavy (non-hydrogen) atoms. The fourth-order valence-corrected chi connectivity index (χ4v) is 4.94. The van der Waals surface area contributed by atoms with Gasteiger partial charge in [-0.3, -0.25) is 14.6 Å². The molecule has 0 aliphatic carbocycles. The van der Waals surface area contributed by atoms with Crippen molar-refractivity contribution in [2.45, 2.75) is 6.54 Å². The van der Waals surface area contributed by atoms with Gasteiger partial charge in [-0.1, -0.05) is 24.3 Å². The summed E-state index contributed by atoms with van der Waals surface area (Å²) in [5.41, 5.74) is 2.43. The standard InChI is InChI=1S/C25H25F2N3O3S/c1-33-25(32)23-21(18-5-7-19(26)8-6-18)16-34-24(23)28-22(31)15-30-11-9-29(10-12-30)14-17-3-2-4-20(27)13-17/h2-8,13,16H,9-12,14-15H2,1H3,(H,28,31). The summed E-state index contributed by atoms with van der Waals surface area (Å²) in [5.74, 6) is -1.41. The Morgan fingerprint density at radius 2 is 1.71 bits per heavy atom. The molecule has 2 heterocycles. The highest BCUT2D eigenvalue weighted by atomic mass is 32.1. The number of benzene rings is 2. The van der Waals surface area contributed by atoms with Crippen LogP contribution in [-0.2, 0) is 16.1 Å². The highest BCUT2D eigenvalue weighted by Gasteiger charge is 2.24. The summed E-state index contributed by atoms with van der Waals surface area (Å²) in [6.07, 6.45) is 0. The van der Waals surface area contributed by atoms with Gasteiger partial charge < -0.3 is 10.1 Å². The smallest absolute Gasteiger partial charge is 0.341 e. The number of hydrogen-bond donors (Lipinski definition) is 1. The summed E-state index contributed by atoms with van der Waals surface area (Å²) in [4.78, 5) is 29.5. The summed E-state index contributed by atoms with van der Waals surface area (Å²) >= 11 is 1.23. The molecular formula is C25H25F2N3O3S. The maximum Gasteiger partial charge on any atom is 0.341 e. The summed E-state index contributed by atoms with van der Waals surface area (Å²) in [6, 6.07) is 12.4. The van der Waals surface area contributed by atoms with Gasteiger partial charge in [0.25, 0.3) is 0 Å². The monoisotopic (exact) mass is 485 g/mol. The van der Waals surface area contributed by atoms with Crippen LogP contribution in [0.25, 0.3) is 11.1 Å². The number of piperazine rings is 1. The van der Waals surface area contributed by atoms with E-state index in [9.17, 15) is 18.4 Å². The van der Waals surface area contributed by atoms with E-state index in [2.05, 4.69) is 10.2 Å². The molecule has 3 aromatic rings. The highest BCUT2D eigenvalue weighted by molar-refractivity contribution is 7.15. The first-order valence-electron chi connectivity index (χ1n) is 10.9. The van der Waals surface area contributed by atoms with E-state index in [0.29, 0.717) is 35.8 Å². The Bertz CT molecular complexity index is 1160. The van der Waals surface area contributed by atoms with Gasteiger partial charge in [-0.2, -0.15) is 0 Å². The van der Waals surface area contributed by atoms with Crippen molar-refractivity contribution in [3.8, 4) is 11.1 Å². The van der Waals surface area contributed by atoms with Crippen molar-refractivity contribution in [1.82, 2.24) is 9.80 Å². The molecule has 1 aliphatic heterocycles. The van der Waals surface area contributed by atoms with Crippen LogP contribution in [0.15, 0.2) is 53.9 Å². The van der Waals surface area contributed by atoms with Crippen LogP contribution in [0.4, 0.5) is 13.8 Å². The Hall–Kier alpha value is -3.14. The number of ether oxygens (including phenoxy) is 1. The van der Waals surface area contributed by atoms with E-state index >= 15 is 0 Å². The second-order valence-corrected chi connectivity index (χ2v) is 8.96. The van der Waals surface area contributed by atoms with Gasteiger partial charge in [0.05, 0.1) is 13.7 Å². The van der Waals surface area contributed by atoms with Crippen LogP contribution < -0.4 is 5.32 Å². The molecule has 178 valence electrons. The van der Waals surface area contributed by atoms with Gasteiger partial charge >= 0.3 is 5.97 Å². The van der Waals surface area contributed by atoms with E-state index in [1.165, 1.54) is 36.6 Å². The molecule has 0 spiro atoms. The van der Waals surface area contributed by atoms with Gasteiger partial charge in [0.15, 0.2) is 0 Å². The molecule has 2 aromatic carbocycles. The molecule has 0 radical (unpaired) electrons. The normalized spacial score (nSPS) is 14.7. The van der Waals surface area contributed by atoms with Crippen LogP contribution in [0.5, 0.6) is 0 Å². The average Bonchev–Trinajstić information content (AvgIpc) is 3.23. The number of carbonyl (C=O) groups is 2. The van der Waals surface area contributed by atoms with E-state index in [-0.39, 0.29) is 29.6 Å². The second kappa shape index (κ2) is 10.9. The number of nitrogens with zero attached hydrogens (tertiary/aromatic N) is 2. The van der Waals surface area contributed by atoms with Crippen molar-refractivity contribution in [3.05, 3.63) is 76.7 Å². The first-order chi connectivity index (χ1) is 16.4. The lowest BCUT2D eigenvalue weighted by Crippen LogP contribution is -2.48. The van der Waals surface area contributed by atoms with Gasteiger partial charge in [0.1, 0.15) is 22.2 Å². The molecule has 4 rings (SSSR count). The summed E-state index contributed by atoms with van der Waals surface area (Å²) in [7, 11) is 1.28. The third kappa shape index (κ3) is 5.85. The topological polar surface area (TPSA) is 61.9 Å². The number of anilines is 1. The highest BCUT2D eigenvalue weighted by Crippen LogP contribution is 2.36. The van der Waals surface area contributed by atoms with E-state index < -0.39 is 5.97 Å². The number of thiophene rings is 1. The number of halogens is 2. The van der Waals surface area contributed by atoms with Crippen molar-refractivity contribution in [2.75, 3.05) is 45.2 Å². The lowest BCUT2D eigenvalue weighted by Gasteiger charge is -2.34. The SMILES string of the molecule is COC(=O)c1c(-c2ccc(F)cc2)csc1NC(=O)CN1CCN(Cc2cccc(F)c2)CC1. The predicted octanol–water partition coefficient (Wildman–Crippen LogP) is 4.24. The minimum atomic E-state index is -0.568. The molecule has 1 N–H and O–H groups in total. The minimum Gasteiger partial charge on any atom is -0.465 e. The summed E-state index contributed by atoms with van der Waals surface area (Å²) in [5, 5.41) is 4.99. The quantitative estimate of drug-likeness (QED) is 0.508. The Morgan fingerprint density at radius 1 is 1.00 bits per heavy atom. The van der Waals surface area contributed by atoms with Crippen LogP contribution in [-0.4, -0.2) is 61.5 Å². The van der Waals surface area contributed by atoms with Crippen molar-refractivity contribution >= 4 is 28.2 Å². The molecule has 1 fully saturated rings. The lowest BCUT2D eigenvalue weighted by molar-refractivity contribution is -0.117. The number of amides is 1. The van der Waals surface area contributed by atoms with Gasteiger partial charge in [-0.25, -0.2) is 13.6 Å². The molecule has 1 saturated heterocycles. The Labute approximate surface area is 200 Å². The Morgan fingerprint density at radius 3 is 2.38 bits per heavy atom. The molecule has 1 aromatic heterocycles. The number of esters is 1. The summed E-state index contributed by atoms with van der Waals surface area (Å²) in [6.45, 7) is 3.81.